The van der Waals surface area contributed by atoms with Crippen molar-refractivity contribution in [3.8, 4) is 0 Å². The summed E-state index contributed by atoms with van der Waals surface area (Å²) < 4.78 is 1.62. The minimum absolute atomic E-state index is 0.0891. The van der Waals surface area contributed by atoms with E-state index in [2.05, 4.69) is 26.6 Å². The van der Waals surface area contributed by atoms with Gasteiger partial charge in [-0.25, -0.2) is 14.6 Å². The minimum atomic E-state index is -0.486. The van der Waals surface area contributed by atoms with Crippen molar-refractivity contribution in [3.63, 3.8) is 0 Å². The van der Waals surface area contributed by atoms with E-state index in [0.29, 0.717) is 34.7 Å². The van der Waals surface area contributed by atoms with Gasteiger partial charge in [0.15, 0.2) is 5.65 Å². The number of aliphatic imine (C=N–C) groups is 1. The third-order valence-corrected chi connectivity index (χ3v) is 4.72. The summed E-state index contributed by atoms with van der Waals surface area (Å²) in [6.07, 6.45) is 6.14. The fourth-order valence-electron chi connectivity index (χ4n) is 3.25. The Kier molecular flexibility index (Phi) is 5.17. The summed E-state index contributed by atoms with van der Waals surface area (Å²) in [6.45, 7) is 4.40. The fraction of sp³-hybridized carbons (Fsp3) is 0.143. The van der Waals surface area contributed by atoms with Gasteiger partial charge in [0.1, 0.15) is 17.8 Å². The van der Waals surface area contributed by atoms with E-state index in [1.807, 2.05) is 6.08 Å². The van der Waals surface area contributed by atoms with Crippen LogP contribution in [0.2, 0.25) is 0 Å². The van der Waals surface area contributed by atoms with Crippen LogP contribution in [0.1, 0.15) is 16.1 Å². The first-order valence-electron chi connectivity index (χ1n) is 9.31. The topological polar surface area (TPSA) is 119 Å². The second kappa shape index (κ2) is 8.08. The number of allylic oxidation sites excluding steroid dienone is 1. The van der Waals surface area contributed by atoms with Crippen molar-refractivity contribution < 1.29 is 9.59 Å². The zero-order valence-corrected chi connectivity index (χ0v) is 16.1. The summed E-state index contributed by atoms with van der Waals surface area (Å²) in [4.78, 5) is 38.9. The Bertz CT molecular complexity index is 1190. The van der Waals surface area contributed by atoms with Gasteiger partial charge in [0.2, 0.25) is 0 Å². The molecular weight excluding hydrogens is 382 g/mol. The number of imide groups is 1. The summed E-state index contributed by atoms with van der Waals surface area (Å²) in [5.74, 6) is -0.584. The normalized spacial score (nSPS) is 12.7. The highest BCUT2D eigenvalue weighted by atomic mass is 16.2. The number of benzene rings is 1. The number of amides is 2. The Morgan fingerprint density at radius 1 is 1.23 bits per heavy atom. The van der Waals surface area contributed by atoms with Crippen LogP contribution >= 0.6 is 0 Å². The minimum Gasteiger partial charge on any atom is -0.383 e. The summed E-state index contributed by atoms with van der Waals surface area (Å²) >= 11 is 0. The van der Waals surface area contributed by atoms with E-state index in [1.165, 1.54) is 6.33 Å². The van der Waals surface area contributed by atoms with Gasteiger partial charge in [-0.05, 0) is 18.2 Å². The van der Waals surface area contributed by atoms with Crippen LogP contribution < -0.4 is 5.73 Å². The Balaban J connectivity index is 1.67. The van der Waals surface area contributed by atoms with Gasteiger partial charge in [-0.1, -0.05) is 30.9 Å². The first-order chi connectivity index (χ1) is 14.6. The van der Waals surface area contributed by atoms with Crippen LogP contribution in [0, 0.1) is 0 Å². The molecule has 3 aromatic rings. The lowest BCUT2D eigenvalue weighted by Crippen LogP contribution is -2.38. The molecular formula is C21H19N7O2. The molecule has 1 aliphatic heterocycles. The first-order valence-corrected chi connectivity index (χ1v) is 9.31. The van der Waals surface area contributed by atoms with Crippen LogP contribution in [0.15, 0.2) is 60.4 Å². The summed E-state index contributed by atoms with van der Waals surface area (Å²) in [5.41, 5.74) is 8.48. The number of hydrogen-bond acceptors (Lipinski definition) is 7. The zero-order valence-electron chi connectivity index (χ0n) is 16.1. The molecule has 0 saturated carbocycles. The van der Waals surface area contributed by atoms with Gasteiger partial charge in [0.25, 0.3) is 11.8 Å². The van der Waals surface area contributed by atoms with Gasteiger partial charge in [0.05, 0.1) is 18.5 Å². The molecule has 9 nitrogen and oxygen atoms in total. The maximum absolute atomic E-state index is 12.9. The molecule has 0 spiro atoms. The molecule has 1 aliphatic rings. The molecule has 30 heavy (non-hydrogen) atoms. The van der Waals surface area contributed by atoms with Gasteiger partial charge in [0, 0.05) is 23.9 Å². The highest BCUT2D eigenvalue weighted by molar-refractivity contribution is 6.16. The average Bonchev–Trinajstić information content (AvgIpc) is 3.43. The van der Waals surface area contributed by atoms with E-state index in [0.717, 1.165) is 16.5 Å². The molecule has 0 aliphatic carbocycles. The molecule has 0 saturated heterocycles. The number of anilines is 1. The monoisotopic (exact) mass is 401 g/mol. The molecule has 150 valence electrons. The van der Waals surface area contributed by atoms with Crippen molar-refractivity contribution in [2.75, 3.05) is 18.8 Å². The second-order valence-electron chi connectivity index (χ2n) is 6.55. The van der Waals surface area contributed by atoms with E-state index < -0.39 is 11.8 Å². The maximum atomic E-state index is 12.9. The van der Waals surface area contributed by atoms with E-state index in [9.17, 15) is 9.59 Å². The summed E-state index contributed by atoms with van der Waals surface area (Å²) in [7, 11) is 0. The smallest absolute Gasteiger partial charge is 0.260 e. The van der Waals surface area contributed by atoms with E-state index in [-0.39, 0.29) is 13.1 Å². The third kappa shape index (κ3) is 3.48. The fourth-order valence-corrected chi connectivity index (χ4v) is 3.25. The van der Waals surface area contributed by atoms with E-state index in [4.69, 9.17) is 5.73 Å². The van der Waals surface area contributed by atoms with Crippen LogP contribution in [0.5, 0.6) is 0 Å². The van der Waals surface area contributed by atoms with Gasteiger partial charge in [-0.2, -0.15) is 5.10 Å². The molecule has 2 N–H and O–H groups in total. The zero-order chi connectivity index (χ0) is 21.1. The lowest BCUT2D eigenvalue weighted by atomic mass is 10.1. The molecule has 2 aromatic heterocycles. The van der Waals surface area contributed by atoms with Crippen LogP contribution in [-0.4, -0.2) is 55.8 Å². The lowest BCUT2D eigenvalue weighted by Gasteiger charge is -2.19. The van der Waals surface area contributed by atoms with Gasteiger partial charge < -0.3 is 5.73 Å². The number of hydrogen-bond donors (Lipinski definition) is 1. The largest absolute Gasteiger partial charge is 0.383 e. The maximum Gasteiger partial charge on any atom is 0.260 e. The quantitative estimate of drug-likeness (QED) is 0.628. The predicted molar refractivity (Wildman–Crippen MR) is 114 cm³/mol. The second-order valence-corrected chi connectivity index (χ2v) is 6.55. The van der Waals surface area contributed by atoms with Crippen LogP contribution in [0.3, 0.4) is 0 Å². The van der Waals surface area contributed by atoms with Crippen molar-refractivity contribution in [1.82, 2.24) is 24.6 Å². The van der Waals surface area contributed by atoms with Crippen LogP contribution in [-0.2, 0) is 11.3 Å². The third-order valence-electron chi connectivity index (χ3n) is 4.72. The highest BCUT2D eigenvalue weighted by Crippen LogP contribution is 2.27. The number of nitrogens with zero attached hydrogens (tertiary/aromatic N) is 6. The van der Waals surface area contributed by atoms with Gasteiger partial charge in [-0.3, -0.25) is 19.5 Å². The number of nitrogens with two attached hydrogens (primary N) is 1. The van der Waals surface area contributed by atoms with E-state index >= 15 is 0 Å². The van der Waals surface area contributed by atoms with E-state index in [1.54, 1.807) is 41.2 Å². The average molecular weight is 401 g/mol. The summed E-state index contributed by atoms with van der Waals surface area (Å²) in [5, 5.41) is 5.24. The molecule has 0 unspecified atom stereocenters. The van der Waals surface area contributed by atoms with Gasteiger partial charge in [-0.15, -0.1) is 0 Å². The van der Waals surface area contributed by atoms with Crippen molar-refractivity contribution in [3.05, 3.63) is 66.6 Å². The first kappa shape index (κ1) is 19.2. The number of carbonyl (C=O) groups excluding carboxylic acids is 2. The Morgan fingerprint density at radius 2 is 2.03 bits per heavy atom. The Hall–Kier alpha value is -4.14. The van der Waals surface area contributed by atoms with Crippen LogP contribution in [0.25, 0.3) is 16.6 Å². The summed E-state index contributed by atoms with van der Waals surface area (Å²) in [6, 6.07) is 8.61. The van der Waals surface area contributed by atoms with Crippen molar-refractivity contribution in [1.29, 1.82) is 0 Å². The standard InChI is InChI=1S/C21H19N7O2/c1-2-16(29)27(21(30)14-6-4-3-5-7-14)10-11-28-20-17(19(22)24-13-25-20)18(26-28)15-8-9-23-12-15/h2-8,12-13H,1,9-11H2,(H2,22,24,25). The molecule has 0 fully saturated rings. The molecule has 2 amide bonds. The Labute approximate surface area is 172 Å². The Morgan fingerprint density at radius 3 is 2.73 bits per heavy atom. The van der Waals surface area contributed by atoms with Crippen molar-refractivity contribution >= 4 is 40.5 Å². The highest BCUT2D eigenvalue weighted by Gasteiger charge is 2.23. The van der Waals surface area contributed by atoms with Crippen molar-refractivity contribution in [2.45, 2.75) is 6.54 Å². The van der Waals surface area contributed by atoms with Gasteiger partial charge >= 0.3 is 0 Å². The number of fused-ring (bicyclic) bond motifs is 1. The molecule has 4 rings (SSSR count). The number of carbonyl (C=O) groups is 2. The predicted octanol–water partition coefficient (Wildman–Crippen LogP) is 1.73. The lowest BCUT2D eigenvalue weighted by molar-refractivity contribution is -0.123. The molecule has 9 heteroatoms. The number of nitrogen functional groups attached to an aromatic ring is 1. The number of rotatable bonds is 6. The van der Waals surface area contributed by atoms with Crippen molar-refractivity contribution in [2.24, 2.45) is 4.99 Å². The molecule has 0 bridgehead atoms. The molecule has 0 atom stereocenters. The van der Waals surface area contributed by atoms with Crippen LogP contribution in [0.4, 0.5) is 5.82 Å². The SMILES string of the molecule is C=CC(=O)N(CCn1nc(C2=CCN=C2)c2c(N)ncnc21)C(=O)c1ccccc1. The number of aromatic nitrogens is 4. The molecule has 0 radical (unpaired) electrons. The molecule has 3 heterocycles. The molecule has 1 aromatic carbocycles.